The molecule has 0 aliphatic carbocycles. The van der Waals surface area contributed by atoms with Crippen LogP contribution in [0.4, 0.5) is 4.79 Å². The molecule has 5 nitrogen and oxygen atoms in total. The highest BCUT2D eigenvalue weighted by atomic mass is 28.3. The molecule has 0 saturated carbocycles. The van der Waals surface area contributed by atoms with Crippen molar-refractivity contribution < 1.29 is 9.53 Å². The molecule has 1 aliphatic heterocycles. The minimum absolute atomic E-state index is 0.0763. The molecule has 1 unspecified atom stereocenters. The standard InChI is InChI=1S/C21H26N2O3Si/c1-21(2,3)26-20(25)22-16-13-23-17(24)10-9-15-8-7-14(18(16)19(15)23)11-12-27(4,5)6/h7-10,16H,13H2,1-6H3,(H,22,25). The van der Waals surface area contributed by atoms with Gasteiger partial charge in [0.2, 0.25) is 0 Å². The second-order valence-corrected chi connectivity index (χ2v) is 13.7. The molecular weight excluding hydrogens is 356 g/mol. The Balaban J connectivity index is 2.09. The molecule has 6 heteroatoms. The molecule has 0 spiro atoms. The summed E-state index contributed by atoms with van der Waals surface area (Å²) in [5.74, 6) is 3.30. The lowest BCUT2D eigenvalue weighted by Gasteiger charge is -2.22. The molecule has 2 heterocycles. The van der Waals surface area contributed by atoms with E-state index in [1.54, 1.807) is 10.6 Å². The van der Waals surface area contributed by atoms with E-state index in [1.165, 1.54) is 0 Å². The zero-order chi connectivity index (χ0) is 20.0. The molecule has 1 atom stereocenters. The lowest BCUT2D eigenvalue weighted by molar-refractivity contribution is 0.0501. The fourth-order valence-corrected chi connectivity index (χ4v) is 3.67. The first kappa shape index (κ1) is 19.2. The largest absolute Gasteiger partial charge is 0.444 e. The Bertz CT molecular complexity index is 1030. The number of nitrogens with zero attached hydrogens (tertiary/aromatic N) is 1. The first-order chi connectivity index (χ1) is 12.4. The number of rotatable bonds is 1. The van der Waals surface area contributed by atoms with E-state index in [0.717, 1.165) is 22.0 Å². The number of hydrogen-bond donors (Lipinski definition) is 1. The number of amides is 1. The van der Waals surface area contributed by atoms with Crippen molar-refractivity contribution in [1.29, 1.82) is 0 Å². The van der Waals surface area contributed by atoms with Crippen LogP contribution >= 0.6 is 0 Å². The third-order valence-corrected chi connectivity index (χ3v) is 5.04. The van der Waals surface area contributed by atoms with Crippen molar-refractivity contribution in [3.05, 3.63) is 45.7 Å². The van der Waals surface area contributed by atoms with Crippen LogP contribution in [0.1, 0.15) is 37.9 Å². The third kappa shape index (κ3) is 4.25. The predicted octanol–water partition coefficient (Wildman–Crippen LogP) is 3.81. The number of nitrogens with one attached hydrogen (secondary N) is 1. The summed E-state index contributed by atoms with van der Waals surface area (Å²) in [7, 11) is -1.56. The van der Waals surface area contributed by atoms with Crippen molar-refractivity contribution in [2.24, 2.45) is 0 Å². The van der Waals surface area contributed by atoms with Crippen LogP contribution in [0.2, 0.25) is 19.6 Å². The number of carbonyl (C=O) groups is 1. The summed E-state index contributed by atoms with van der Waals surface area (Å²) in [5, 5.41) is 3.90. The monoisotopic (exact) mass is 382 g/mol. The Kier molecular flexibility index (Phi) is 4.69. The topological polar surface area (TPSA) is 60.3 Å². The number of pyridine rings is 1. The van der Waals surface area contributed by atoms with Crippen molar-refractivity contribution in [3.8, 4) is 11.5 Å². The third-order valence-electron chi connectivity index (χ3n) is 4.17. The van der Waals surface area contributed by atoms with Crippen LogP contribution in [-0.4, -0.2) is 24.3 Å². The van der Waals surface area contributed by atoms with Gasteiger partial charge in [-0.25, -0.2) is 4.79 Å². The van der Waals surface area contributed by atoms with E-state index in [1.807, 2.05) is 39.0 Å². The number of ether oxygens (including phenoxy) is 1. The van der Waals surface area contributed by atoms with Crippen molar-refractivity contribution in [3.63, 3.8) is 0 Å². The first-order valence-corrected chi connectivity index (χ1v) is 12.6. The molecule has 27 heavy (non-hydrogen) atoms. The van der Waals surface area contributed by atoms with Crippen LogP contribution in [0.3, 0.4) is 0 Å². The Hall–Kier alpha value is -2.52. The molecule has 1 amide bonds. The van der Waals surface area contributed by atoms with Crippen LogP contribution in [0.25, 0.3) is 10.9 Å². The van der Waals surface area contributed by atoms with Gasteiger partial charge in [0.1, 0.15) is 13.7 Å². The highest BCUT2D eigenvalue weighted by Crippen LogP contribution is 2.34. The summed E-state index contributed by atoms with van der Waals surface area (Å²) in [4.78, 5) is 24.7. The second kappa shape index (κ2) is 6.57. The van der Waals surface area contributed by atoms with Gasteiger partial charge in [0.15, 0.2) is 0 Å². The maximum atomic E-state index is 12.4. The van der Waals surface area contributed by atoms with Gasteiger partial charge >= 0.3 is 6.09 Å². The van der Waals surface area contributed by atoms with E-state index >= 15 is 0 Å². The quantitative estimate of drug-likeness (QED) is 0.603. The Morgan fingerprint density at radius 1 is 1.22 bits per heavy atom. The van der Waals surface area contributed by atoms with Crippen molar-refractivity contribution >= 4 is 25.1 Å². The lowest BCUT2D eigenvalue weighted by Crippen LogP contribution is -2.35. The van der Waals surface area contributed by atoms with Crippen LogP contribution in [0.5, 0.6) is 0 Å². The van der Waals surface area contributed by atoms with Crippen molar-refractivity contribution in [2.45, 2.75) is 58.6 Å². The van der Waals surface area contributed by atoms with Gasteiger partial charge in [-0.1, -0.05) is 31.6 Å². The lowest BCUT2D eigenvalue weighted by atomic mass is 10.00. The summed E-state index contributed by atoms with van der Waals surface area (Å²) >= 11 is 0. The average Bonchev–Trinajstić information content (AvgIpc) is 2.88. The number of aromatic nitrogens is 1. The molecular formula is C21H26N2O3Si. The minimum Gasteiger partial charge on any atom is -0.444 e. The molecule has 142 valence electrons. The summed E-state index contributed by atoms with van der Waals surface area (Å²) in [6, 6.07) is 7.01. The fraction of sp³-hybridized carbons (Fsp3) is 0.429. The number of hydrogen-bond acceptors (Lipinski definition) is 3. The minimum atomic E-state index is -1.56. The highest BCUT2D eigenvalue weighted by molar-refractivity contribution is 6.83. The molecule has 1 N–H and O–H groups in total. The first-order valence-electron chi connectivity index (χ1n) is 9.14. The van der Waals surface area contributed by atoms with E-state index in [2.05, 4.69) is 36.4 Å². The number of benzene rings is 1. The van der Waals surface area contributed by atoms with Crippen LogP contribution in [0, 0.1) is 11.5 Å². The van der Waals surface area contributed by atoms with Gasteiger partial charge < -0.3 is 14.6 Å². The van der Waals surface area contributed by atoms with E-state index < -0.39 is 19.8 Å². The molecule has 1 aromatic heterocycles. The molecule has 3 rings (SSSR count). The maximum absolute atomic E-state index is 12.4. The molecule has 0 fully saturated rings. The van der Waals surface area contributed by atoms with Crippen molar-refractivity contribution in [2.75, 3.05) is 0 Å². The van der Waals surface area contributed by atoms with Gasteiger partial charge in [0.25, 0.3) is 5.56 Å². The molecule has 2 aromatic rings. The summed E-state index contributed by atoms with van der Waals surface area (Å²) in [6.45, 7) is 12.4. The average molecular weight is 383 g/mol. The molecule has 0 radical (unpaired) electrons. The smallest absolute Gasteiger partial charge is 0.408 e. The van der Waals surface area contributed by atoms with Gasteiger partial charge in [0.05, 0.1) is 18.1 Å². The van der Waals surface area contributed by atoms with Gasteiger partial charge in [-0.15, -0.1) is 5.54 Å². The normalized spacial score (nSPS) is 16.0. The van der Waals surface area contributed by atoms with Gasteiger partial charge in [0, 0.05) is 17.2 Å². The van der Waals surface area contributed by atoms with Gasteiger partial charge in [-0.2, -0.15) is 0 Å². The zero-order valence-corrected chi connectivity index (χ0v) is 17.8. The van der Waals surface area contributed by atoms with Crippen molar-refractivity contribution in [1.82, 2.24) is 9.88 Å². The van der Waals surface area contributed by atoms with Gasteiger partial charge in [-0.3, -0.25) is 4.79 Å². The van der Waals surface area contributed by atoms with E-state index in [9.17, 15) is 9.59 Å². The molecule has 0 bridgehead atoms. The van der Waals surface area contributed by atoms with Crippen LogP contribution in [-0.2, 0) is 11.3 Å². The Labute approximate surface area is 160 Å². The predicted molar refractivity (Wildman–Crippen MR) is 111 cm³/mol. The molecule has 1 aliphatic rings. The highest BCUT2D eigenvalue weighted by Gasteiger charge is 2.30. The number of carbonyl (C=O) groups excluding carboxylic acids is 1. The summed E-state index contributed by atoms with van der Waals surface area (Å²) < 4.78 is 7.13. The maximum Gasteiger partial charge on any atom is 0.408 e. The second-order valence-electron chi connectivity index (χ2n) is 8.95. The van der Waals surface area contributed by atoms with Crippen LogP contribution < -0.4 is 10.9 Å². The van der Waals surface area contributed by atoms with Gasteiger partial charge in [-0.05, 0) is 38.3 Å². The van der Waals surface area contributed by atoms with Crippen LogP contribution in [0.15, 0.2) is 29.1 Å². The Morgan fingerprint density at radius 2 is 1.89 bits per heavy atom. The molecule has 0 saturated heterocycles. The number of alkyl carbamates (subject to hydrolysis) is 1. The summed E-state index contributed by atoms with van der Waals surface area (Å²) in [5.41, 5.74) is 5.35. The SMILES string of the molecule is CC(C)(C)OC(=O)NC1Cn2c(=O)ccc3ccc(C#C[Si](C)(C)C)c1c32. The fourth-order valence-electron chi connectivity index (χ4n) is 3.16. The van der Waals surface area contributed by atoms with E-state index in [0.29, 0.717) is 6.54 Å². The van der Waals surface area contributed by atoms with E-state index in [4.69, 9.17) is 4.74 Å². The zero-order valence-electron chi connectivity index (χ0n) is 16.8. The Morgan fingerprint density at radius 3 is 2.52 bits per heavy atom. The molecule has 1 aromatic carbocycles. The summed E-state index contributed by atoms with van der Waals surface area (Å²) in [6.07, 6.45) is -0.491. The van der Waals surface area contributed by atoms with E-state index in [-0.39, 0.29) is 11.6 Å².